The van der Waals surface area contributed by atoms with E-state index in [0.717, 1.165) is 41.2 Å². The van der Waals surface area contributed by atoms with E-state index < -0.39 is 5.97 Å². The number of nitrogens with zero attached hydrogens (tertiary/aromatic N) is 2. The summed E-state index contributed by atoms with van der Waals surface area (Å²) >= 11 is 9.48. The fourth-order valence-corrected chi connectivity index (χ4v) is 18.1. The SMILES string of the molecule is CCCCCCCCCCCCCCCc1c(/C=C(/C#N)C(=O)O)sc2c1sc1c3sc(-c4ccc(-c5ccc(N(c6ccccc6)c6ccccc6)cc5)s4)c(CCCCCCCCCCCCCCC)c3sc21. The van der Waals surface area contributed by atoms with Crippen LogP contribution in [0.2, 0.25) is 0 Å². The molecule has 0 spiro atoms. The van der Waals surface area contributed by atoms with E-state index in [1.54, 1.807) is 17.4 Å². The largest absolute Gasteiger partial charge is 0.477 e. The van der Waals surface area contributed by atoms with Crippen molar-refractivity contribution in [2.24, 2.45) is 0 Å². The number of unbranched alkanes of at least 4 members (excludes halogenated alkanes) is 24. The molecule has 0 aliphatic heterocycles. The fraction of sp³-hybridized carbons (Fsp3) is 0.455. The van der Waals surface area contributed by atoms with Gasteiger partial charge in [-0.3, -0.25) is 0 Å². The molecule has 0 fully saturated rings. The predicted molar refractivity (Wildman–Crippen MR) is 334 cm³/mol. The second-order valence-corrected chi connectivity index (χ2v) is 25.9. The van der Waals surface area contributed by atoms with Crippen LogP contribution in [0, 0.1) is 11.3 Å². The normalized spacial score (nSPS) is 11.9. The highest BCUT2D eigenvalue weighted by molar-refractivity contribution is 7.45. The molecular weight excluding hydrogens is 1010 g/mol. The second-order valence-electron chi connectivity index (χ2n) is 20.7. The molecule has 8 aromatic rings. The number of para-hydroxylation sites is 2. The van der Waals surface area contributed by atoms with Gasteiger partial charge in [-0.25, -0.2) is 4.79 Å². The van der Waals surface area contributed by atoms with Crippen LogP contribution in [0.1, 0.15) is 197 Å². The Morgan fingerprint density at radius 2 is 0.853 bits per heavy atom. The molecule has 0 amide bonds. The molecule has 0 unspecified atom stereocenters. The summed E-state index contributed by atoms with van der Waals surface area (Å²) in [6, 6.07) is 37.0. The number of thiophene rings is 5. The van der Waals surface area contributed by atoms with Crippen molar-refractivity contribution in [3.63, 3.8) is 0 Å². The van der Waals surface area contributed by atoms with Gasteiger partial charge in [0.2, 0.25) is 0 Å². The summed E-state index contributed by atoms with van der Waals surface area (Å²) in [6.45, 7) is 4.58. The van der Waals surface area contributed by atoms with E-state index in [1.165, 1.54) is 220 Å². The Labute approximate surface area is 469 Å². The number of nitriles is 1. The fourth-order valence-electron chi connectivity index (χ4n) is 10.7. The molecule has 1 N–H and O–H groups in total. The van der Waals surface area contributed by atoms with Gasteiger partial charge in [-0.15, -0.1) is 56.7 Å². The van der Waals surface area contributed by atoms with Crippen molar-refractivity contribution >= 4 is 114 Å². The molecule has 396 valence electrons. The Hall–Kier alpha value is -4.56. The van der Waals surface area contributed by atoms with E-state index in [4.69, 9.17) is 0 Å². The van der Waals surface area contributed by atoms with E-state index in [0.29, 0.717) is 0 Å². The average Bonchev–Trinajstić information content (AvgIpc) is 4.30. The summed E-state index contributed by atoms with van der Waals surface area (Å²) in [4.78, 5) is 19.5. The maximum atomic E-state index is 12.1. The van der Waals surface area contributed by atoms with Gasteiger partial charge in [0.15, 0.2) is 0 Å². The number of carboxylic acids is 1. The number of anilines is 3. The highest BCUT2D eigenvalue weighted by Gasteiger charge is 2.25. The highest BCUT2D eigenvalue weighted by Crippen LogP contribution is 2.55. The van der Waals surface area contributed by atoms with Crippen LogP contribution >= 0.6 is 56.7 Å². The molecule has 8 rings (SSSR count). The quantitative estimate of drug-likeness (QED) is 0.0244. The number of fused-ring (bicyclic) bond motifs is 5. The van der Waals surface area contributed by atoms with Crippen molar-refractivity contribution < 1.29 is 9.90 Å². The van der Waals surface area contributed by atoms with Crippen LogP contribution in [-0.4, -0.2) is 11.1 Å². The minimum Gasteiger partial charge on any atom is -0.477 e. The van der Waals surface area contributed by atoms with Gasteiger partial charge in [0.1, 0.15) is 11.6 Å². The van der Waals surface area contributed by atoms with E-state index in [2.05, 4.69) is 116 Å². The van der Waals surface area contributed by atoms with E-state index in [1.807, 2.05) is 51.4 Å². The number of carbonyl (C=O) groups is 1. The molecule has 5 aromatic heterocycles. The van der Waals surface area contributed by atoms with Crippen LogP contribution in [0.5, 0.6) is 0 Å². The Kier molecular flexibility index (Phi) is 23.0. The summed E-state index contributed by atoms with van der Waals surface area (Å²) < 4.78 is 8.14. The van der Waals surface area contributed by atoms with Gasteiger partial charge in [0, 0.05) is 36.6 Å². The molecule has 0 bridgehead atoms. The van der Waals surface area contributed by atoms with Crippen molar-refractivity contribution in [1.29, 1.82) is 5.26 Å². The van der Waals surface area contributed by atoms with Crippen LogP contribution < -0.4 is 4.90 Å². The van der Waals surface area contributed by atoms with Crippen molar-refractivity contribution in [2.45, 2.75) is 194 Å². The van der Waals surface area contributed by atoms with Crippen molar-refractivity contribution in [3.8, 4) is 26.3 Å². The van der Waals surface area contributed by atoms with Crippen LogP contribution in [0.25, 0.3) is 54.5 Å². The number of hydrogen-bond acceptors (Lipinski definition) is 8. The molecule has 0 saturated carbocycles. The van der Waals surface area contributed by atoms with Crippen LogP contribution in [0.15, 0.2) is 103 Å². The summed E-state index contributed by atoms with van der Waals surface area (Å²) in [5.41, 5.74) is 7.20. The molecule has 5 heterocycles. The summed E-state index contributed by atoms with van der Waals surface area (Å²) in [5.74, 6) is -1.15. The molecule has 9 heteroatoms. The smallest absolute Gasteiger partial charge is 0.346 e. The Morgan fingerprint density at radius 3 is 1.32 bits per heavy atom. The average molecular weight is 1090 g/mol. The minimum atomic E-state index is -1.15. The molecule has 3 aromatic carbocycles. The first kappa shape index (κ1) is 56.6. The first-order valence-electron chi connectivity index (χ1n) is 28.9. The third-order valence-electron chi connectivity index (χ3n) is 14.9. The molecule has 0 atom stereocenters. The third kappa shape index (κ3) is 15.6. The van der Waals surface area contributed by atoms with Crippen LogP contribution in [0.3, 0.4) is 0 Å². The molecule has 0 aliphatic carbocycles. The molecule has 0 radical (unpaired) electrons. The number of carboxylic acid groups (broad SMARTS) is 1. The van der Waals surface area contributed by atoms with E-state index >= 15 is 0 Å². The monoisotopic (exact) mass is 1090 g/mol. The molecule has 0 saturated heterocycles. The zero-order chi connectivity index (χ0) is 52.0. The Balaban J connectivity index is 1.01. The third-order valence-corrected chi connectivity index (χ3v) is 21.9. The lowest BCUT2D eigenvalue weighted by atomic mass is 10.0. The number of hydrogen-bond donors (Lipinski definition) is 1. The Morgan fingerprint density at radius 1 is 0.453 bits per heavy atom. The molecule has 75 heavy (non-hydrogen) atoms. The summed E-state index contributed by atoms with van der Waals surface area (Å²) in [5, 5.41) is 19.8. The van der Waals surface area contributed by atoms with Crippen molar-refractivity contribution in [1.82, 2.24) is 0 Å². The number of aliphatic carboxylic acids is 1. The van der Waals surface area contributed by atoms with Gasteiger partial charge in [-0.05, 0) is 97.0 Å². The van der Waals surface area contributed by atoms with Gasteiger partial charge in [-0.1, -0.05) is 216 Å². The molecular formula is C66H80N2O2S5. The van der Waals surface area contributed by atoms with Crippen molar-refractivity contribution in [2.75, 3.05) is 4.90 Å². The number of rotatable bonds is 35. The van der Waals surface area contributed by atoms with Crippen LogP contribution in [0.4, 0.5) is 17.1 Å². The number of aryl methyl sites for hydroxylation is 2. The maximum Gasteiger partial charge on any atom is 0.346 e. The number of benzene rings is 3. The van der Waals surface area contributed by atoms with Gasteiger partial charge in [0.25, 0.3) is 0 Å². The first-order valence-corrected chi connectivity index (χ1v) is 32.9. The summed E-state index contributed by atoms with van der Waals surface area (Å²) in [7, 11) is 0. The lowest BCUT2D eigenvalue weighted by molar-refractivity contribution is -0.132. The zero-order valence-corrected chi connectivity index (χ0v) is 49.0. The van der Waals surface area contributed by atoms with Gasteiger partial charge in [0.05, 0.1) is 28.2 Å². The van der Waals surface area contributed by atoms with E-state index in [-0.39, 0.29) is 5.57 Å². The Bertz CT molecular complexity index is 2990. The minimum absolute atomic E-state index is 0.184. The highest BCUT2D eigenvalue weighted by atomic mass is 32.1. The van der Waals surface area contributed by atoms with Crippen LogP contribution in [-0.2, 0) is 17.6 Å². The maximum absolute atomic E-state index is 12.1. The van der Waals surface area contributed by atoms with E-state index in [9.17, 15) is 15.2 Å². The van der Waals surface area contributed by atoms with Gasteiger partial charge < -0.3 is 10.0 Å². The van der Waals surface area contributed by atoms with Crippen molar-refractivity contribution in [3.05, 3.63) is 119 Å². The first-order chi connectivity index (χ1) is 37.0. The zero-order valence-electron chi connectivity index (χ0n) is 44.9. The second kappa shape index (κ2) is 30.4. The van der Waals surface area contributed by atoms with Gasteiger partial charge in [-0.2, -0.15) is 5.26 Å². The lowest BCUT2D eigenvalue weighted by Gasteiger charge is -2.25. The predicted octanol–water partition coefficient (Wildman–Crippen LogP) is 23.5. The topological polar surface area (TPSA) is 64.3 Å². The lowest BCUT2D eigenvalue weighted by Crippen LogP contribution is -2.09. The summed E-state index contributed by atoms with van der Waals surface area (Å²) in [6.07, 6.45) is 38.2. The molecule has 4 nitrogen and oxygen atoms in total. The van der Waals surface area contributed by atoms with Gasteiger partial charge >= 0.3 is 5.97 Å². The molecule has 0 aliphatic rings. The standard InChI is InChI=1S/C66H80N2O2S5/c1-3-5-7-9-11-13-15-17-19-21-23-25-33-39-54-58(47-50(48-67)66(69)70)72-62-60(54)74-65-63-61(75-64(62)65)55(40-34-26-24-22-20-18-16-14-12-10-8-6-4-2)59(73-63)57-46-45-56(71-57)49-41-43-53(44-42-49)68(51-35-29-27-30-36-51)52-37-31-28-32-38-52/h27-32,35-38,41-47H,3-26,33-34,39-40H2,1-2H3,(H,69,70)/b50-47-.